The van der Waals surface area contributed by atoms with Crippen molar-refractivity contribution in [2.24, 2.45) is 0 Å². The fraction of sp³-hybridized carbons (Fsp3) is 0.276. The van der Waals surface area contributed by atoms with E-state index in [0.29, 0.717) is 59.8 Å². The number of nitrogen functional groups attached to an aromatic ring is 1. The molecule has 0 atom stereocenters. The summed E-state index contributed by atoms with van der Waals surface area (Å²) in [4.78, 5) is 21.2. The van der Waals surface area contributed by atoms with Crippen molar-refractivity contribution in [3.05, 3.63) is 94.6 Å². The third-order valence-corrected chi connectivity index (χ3v) is 6.67. The van der Waals surface area contributed by atoms with E-state index in [2.05, 4.69) is 19.8 Å². The third kappa shape index (κ3) is 5.58. The van der Waals surface area contributed by atoms with Gasteiger partial charge in [-0.25, -0.2) is 29.7 Å². The molecule has 8 nitrogen and oxygen atoms in total. The lowest BCUT2D eigenvalue weighted by molar-refractivity contribution is 0.0633. The van der Waals surface area contributed by atoms with Gasteiger partial charge >= 0.3 is 0 Å². The summed E-state index contributed by atoms with van der Waals surface area (Å²) in [5.74, 6) is -0.527. The largest absolute Gasteiger partial charge is 0.471 e. The first-order valence-corrected chi connectivity index (χ1v) is 12.5. The minimum absolute atomic E-state index is 0.0378. The van der Waals surface area contributed by atoms with Crippen LogP contribution in [-0.4, -0.2) is 33.1 Å². The molecule has 0 spiro atoms. The van der Waals surface area contributed by atoms with Gasteiger partial charge in [0, 0.05) is 11.3 Å². The molecule has 204 valence electrons. The number of alkyl halides is 2. The lowest BCUT2D eigenvalue weighted by atomic mass is 9.87. The number of benzene rings is 1. The first-order chi connectivity index (χ1) is 19.3. The molecule has 0 bridgehead atoms. The second-order valence-corrected chi connectivity index (χ2v) is 9.40. The van der Waals surface area contributed by atoms with Crippen molar-refractivity contribution in [3.8, 4) is 28.3 Å². The Kier molecular flexibility index (Phi) is 7.62. The Bertz CT molecular complexity index is 1570. The minimum Gasteiger partial charge on any atom is -0.471 e. The van der Waals surface area contributed by atoms with Crippen molar-refractivity contribution in [2.45, 2.75) is 38.3 Å². The van der Waals surface area contributed by atoms with Gasteiger partial charge in [-0.2, -0.15) is 4.98 Å². The third-order valence-electron chi connectivity index (χ3n) is 6.67. The highest BCUT2D eigenvalue weighted by atomic mass is 19.3. The van der Waals surface area contributed by atoms with Crippen LogP contribution in [0.5, 0.6) is 5.88 Å². The molecular weight excluding hydrogens is 521 g/mol. The zero-order valence-corrected chi connectivity index (χ0v) is 21.6. The SMILES string of the molecule is [C-]#[N+]C1(c2cccc(COc3nc(N)nc(-c4ccc(F)cc4)c3-c3cc(C)nc(C(F)F)c3)n2)CCOCC1. The monoisotopic (exact) mass is 546 g/mol. The summed E-state index contributed by atoms with van der Waals surface area (Å²) < 4.78 is 52.6. The van der Waals surface area contributed by atoms with Crippen LogP contribution in [0.4, 0.5) is 19.1 Å². The Labute approximate surface area is 228 Å². The Morgan fingerprint density at radius 1 is 1.02 bits per heavy atom. The molecule has 0 unspecified atom stereocenters. The van der Waals surface area contributed by atoms with Crippen LogP contribution in [0.1, 0.15) is 42.0 Å². The second-order valence-electron chi connectivity index (χ2n) is 9.40. The van der Waals surface area contributed by atoms with E-state index in [-0.39, 0.29) is 24.1 Å². The number of rotatable bonds is 7. The summed E-state index contributed by atoms with van der Waals surface area (Å²) in [5.41, 5.74) is 7.79. The molecule has 0 amide bonds. The molecule has 11 heteroatoms. The van der Waals surface area contributed by atoms with Gasteiger partial charge in [0.2, 0.25) is 11.8 Å². The molecule has 0 aliphatic carbocycles. The number of hydrogen-bond donors (Lipinski definition) is 1. The number of hydrogen-bond acceptors (Lipinski definition) is 7. The summed E-state index contributed by atoms with van der Waals surface area (Å²) in [5, 5.41) is 0. The number of anilines is 1. The van der Waals surface area contributed by atoms with Crippen molar-refractivity contribution in [3.63, 3.8) is 0 Å². The first kappa shape index (κ1) is 27.0. The van der Waals surface area contributed by atoms with Gasteiger partial charge in [-0.3, -0.25) is 4.98 Å². The number of ether oxygens (including phenoxy) is 2. The maximum absolute atomic E-state index is 13.7. The molecule has 1 aromatic carbocycles. The van der Waals surface area contributed by atoms with E-state index in [0.717, 1.165) is 0 Å². The van der Waals surface area contributed by atoms with Crippen LogP contribution in [0.3, 0.4) is 0 Å². The van der Waals surface area contributed by atoms with Crippen LogP contribution in [0.2, 0.25) is 0 Å². The van der Waals surface area contributed by atoms with Crippen molar-refractivity contribution in [1.29, 1.82) is 0 Å². The van der Waals surface area contributed by atoms with Gasteiger partial charge in [-0.05, 0) is 61.0 Å². The molecule has 4 aromatic rings. The zero-order valence-electron chi connectivity index (χ0n) is 21.6. The van der Waals surface area contributed by atoms with E-state index in [1.165, 1.54) is 30.3 Å². The van der Waals surface area contributed by atoms with Gasteiger partial charge in [0.1, 0.15) is 23.8 Å². The Morgan fingerprint density at radius 2 is 1.77 bits per heavy atom. The molecule has 40 heavy (non-hydrogen) atoms. The van der Waals surface area contributed by atoms with E-state index in [1.54, 1.807) is 19.1 Å². The summed E-state index contributed by atoms with van der Waals surface area (Å²) >= 11 is 0. The quantitative estimate of drug-likeness (QED) is 0.281. The molecular formula is C29H25F3N6O2. The summed E-state index contributed by atoms with van der Waals surface area (Å²) in [7, 11) is 0. The molecule has 1 fully saturated rings. The zero-order chi connectivity index (χ0) is 28.3. The molecule has 3 aromatic heterocycles. The Morgan fingerprint density at radius 3 is 2.48 bits per heavy atom. The van der Waals surface area contributed by atoms with Crippen LogP contribution in [0.15, 0.2) is 54.6 Å². The van der Waals surface area contributed by atoms with Crippen LogP contribution >= 0.6 is 0 Å². The molecule has 2 N–H and O–H groups in total. The minimum atomic E-state index is -2.81. The number of nitrogens with zero attached hydrogens (tertiary/aromatic N) is 5. The summed E-state index contributed by atoms with van der Waals surface area (Å²) in [6, 6.07) is 13.8. The molecule has 1 aliphatic rings. The van der Waals surface area contributed by atoms with Crippen LogP contribution in [0, 0.1) is 19.3 Å². The van der Waals surface area contributed by atoms with Gasteiger partial charge in [0.05, 0.1) is 43.0 Å². The number of pyridine rings is 2. The Balaban J connectivity index is 1.58. The van der Waals surface area contributed by atoms with E-state index < -0.39 is 23.5 Å². The topological polar surface area (TPSA) is 100 Å². The molecule has 0 radical (unpaired) electrons. The average molecular weight is 547 g/mol. The number of aromatic nitrogens is 4. The predicted molar refractivity (Wildman–Crippen MR) is 142 cm³/mol. The molecule has 1 aliphatic heterocycles. The lowest BCUT2D eigenvalue weighted by Gasteiger charge is -2.26. The van der Waals surface area contributed by atoms with E-state index >= 15 is 0 Å². The molecule has 4 heterocycles. The first-order valence-electron chi connectivity index (χ1n) is 12.5. The maximum atomic E-state index is 13.7. The normalized spacial score (nSPS) is 14.6. The highest BCUT2D eigenvalue weighted by Gasteiger charge is 2.42. The van der Waals surface area contributed by atoms with Gasteiger partial charge in [0.25, 0.3) is 12.0 Å². The molecule has 1 saturated heterocycles. The summed E-state index contributed by atoms with van der Waals surface area (Å²) in [6.45, 7) is 10.3. The van der Waals surface area contributed by atoms with E-state index in [9.17, 15) is 13.2 Å². The number of halogens is 3. The highest BCUT2D eigenvalue weighted by molar-refractivity contribution is 5.85. The van der Waals surface area contributed by atoms with Gasteiger partial charge in [-0.1, -0.05) is 6.07 Å². The smallest absolute Gasteiger partial charge is 0.280 e. The number of nitrogens with two attached hydrogens (primary N) is 1. The van der Waals surface area contributed by atoms with Gasteiger partial charge in [-0.15, -0.1) is 0 Å². The molecule has 0 saturated carbocycles. The van der Waals surface area contributed by atoms with Crippen molar-refractivity contribution in [1.82, 2.24) is 19.9 Å². The van der Waals surface area contributed by atoms with Gasteiger partial charge < -0.3 is 20.1 Å². The fourth-order valence-electron chi connectivity index (χ4n) is 4.68. The molecule has 5 rings (SSSR count). The highest BCUT2D eigenvalue weighted by Crippen LogP contribution is 2.40. The van der Waals surface area contributed by atoms with Crippen molar-refractivity contribution < 1.29 is 22.6 Å². The fourth-order valence-corrected chi connectivity index (χ4v) is 4.68. The van der Waals surface area contributed by atoms with Gasteiger partial charge in [0.15, 0.2) is 0 Å². The Hall–Kier alpha value is -4.56. The van der Waals surface area contributed by atoms with Crippen LogP contribution in [0.25, 0.3) is 27.2 Å². The number of aryl methyl sites for hydroxylation is 1. The van der Waals surface area contributed by atoms with E-state index in [4.69, 9.17) is 26.8 Å². The standard InChI is InChI=1S/C29H25F3N6O2/c1-17-14-19(15-22(35-17)26(31)32)24-25(18-6-8-20(30)9-7-18)37-28(33)38-27(24)40-16-21-4-3-5-23(36-21)29(34-2)10-12-39-13-11-29/h3-9,14-15,26H,10-13,16H2,1H3,(H2,33,37,38). The van der Waals surface area contributed by atoms with Crippen LogP contribution in [-0.2, 0) is 16.9 Å². The van der Waals surface area contributed by atoms with Crippen molar-refractivity contribution >= 4 is 5.95 Å². The summed E-state index contributed by atoms with van der Waals surface area (Å²) in [6.07, 6.45) is -1.73. The van der Waals surface area contributed by atoms with E-state index in [1.807, 2.05) is 12.1 Å². The second kappa shape index (κ2) is 11.3. The average Bonchev–Trinajstić information content (AvgIpc) is 2.96. The van der Waals surface area contributed by atoms with Crippen molar-refractivity contribution in [2.75, 3.05) is 18.9 Å². The van der Waals surface area contributed by atoms with Crippen LogP contribution < -0.4 is 10.5 Å². The maximum Gasteiger partial charge on any atom is 0.280 e. The lowest BCUT2D eigenvalue weighted by Crippen LogP contribution is -2.31. The predicted octanol–water partition coefficient (Wildman–Crippen LogP) is 6.07.